The fourth-order valence-electron chi connectivity index (χ4n) is 3.30. The molecule has 10 heteroatoms. The van der Waals surface area contributed by atoms with E-state index in [1.54, 1.807) is 36.2 Å². The quantitative estimate of drug-likeness (QED) is 0.358. The molecule has 2 aromatic rings. The summed E-state index contributed by atoms with van der Waals surface area (Å²) in [5.74, 6) is -0.763. The maximum atomic E-state index is 13.3. The van der Waals surface area contributed by atoms with E-state index in [-0.39, 0.29) is 10.9 Å². The van der Waals surface area contributed by atoms with Gasteiger partial charge < -0.3 is 25.6 Å². The molecule has 0 spiro atoms. The summed E-state index contributed by atoms with van der Waals surface area (Å²) < 4.78 is 18.8. The van der Waals surface area contributed by atoms with Gasteiger partial charge in [-0.3, -0.25) is 0 Å². The standard InChI is InChI=1S/C24H26ClFN4O3S/c1-13(2)12-33-22(31)20-14(3)30(4)24(34)29-21(20)15-5-7-16(8-6-15)27-23(32)28-17-9-10-19(26)18(25)11-17/h5-11,13,21H,12H2,1-4H3,(H,29,34)(H2,27,28,32). The number of urea groups is 1. The SMILES string of the molecule is CC1=C(C(=O)OCC(C)C)C(c2ccc(NC(=O)Nc3ccc(F)c(Cl)c3)cc2)NC(=S)N1C. The molecule has 3 rings (SSSR count). The van der Waals surface area contributed by atoms with Crippen LogP contribution in [0.2, 0.25) is 5.02 Å². The Bertz CT molecular complexity index is 1140. The van der Waals surface area contributed by atoms with E-state index in [1.165, 1.54) is 18.2 Å². The molecule has 7 nitrogen and oxygen atoms in total. The van der Waals surface area contributed by atoms with Crippen LogP contribution in [-0.4, -0.2) is 35.7 Å². The fourth-order valence-corrected chi connectivity index (χ4v) is 3.73. The van der Waals surface area contributed by atoms with Crippen LogP contribution < -0.4 is 16.0 Å². The number of allylic oxidation sites excluding steroid dienone is 1. The Hall–Kier alpha value is -3.17. The maximum Gasteiger partial charge on any atom is 0.338 e. The topological polar surface area (TPSA) is 82.7 Å². The predicted molar refractivity (Wildman–Crippen MR) is 135 cm³/mol. The third-order valence-corrected chi connectivity index (χ3v) is 5.88. The molecule has 0 saturated carbocycles. The van der Waals surface area contributed by atoms with E-state index in [2.05, 4.69) is 16.0 Å². The van der Waals surface area contributed by atoms with E-state index in [0.29, 0.717) is 34.4 Å². The van der Waals surface area contributed by atoms with Crippen molar-refractivity contribution < 1.29 is 18.7 Å². The Morgan fingerprint density at radius 2 is 1.79 bits per heavy atom. The van der Waals surface area contributed by atoms with Gasteiger partial charge in [-0.05, 0) is 61.0 Å². The molecule has 1 atom stereocenters. The number of benzene rings is 2. The van der Waals surface area contributed by atoms with Crippen LogP contribution in [0.15, 0.2) is 53.7 Å². The largest absolute Gasteiger partial charge is 0.462 e. The summed E-state index contributed by atoms with van der Waals surface area (Å²) in [4.78, 5) is 26.9. The molecule has 1 heterocycles. The van der Waals surface area contributed by atoms with Crippen LogP contribution in [0.1, 0.15) is 32.4 Å². The van der Waals surface area contributed by atoms with Gasteiger partial charge in [-0.1, -0.05) is 37.6 Å². The number of carbonyl (C=O) groups is 2. The second-order valence-corrected chi connectivity index (χ2v) is 9.06. The van der Waals surface area contributed by atoms with Crippen molar-refractivity contribution in [1.82, 2.24) is 10.2 Å². The number of hydrogen-bond acceptors (Lipinski definition) is 4. The van der Waals surface area contributed by atoms with Crippen molar-refractivity contribution in [3.8, 4) is 0 Å². The molecule has 0 radical (unpaired) electrons. The number of anilines is 2. The van der Waals surface area contributed by atoms with Gasteiger partial charge in [0.05, 0.1) is 23.2 Å². The van der Waals surface area contributed by atoms with Gasteiger partial charge >= 0.3 is 12.0 Å². The van der Waals surface area contributed by atoms with Gasteiger partial charge in [0.15, 0.2) is 5.11 Å². The second-order valence-electron chi connectivity index (χ2n) is 8.26. The number of hydrogen-bond donors (Lipinski definition) is 3. The predicted octanol–water partition coefficient (Wildman–Crippen LogP) is 5.46. The fraction of sp³-hybridized carbons (Fsp3) is 0.292. The zero-order valence-corrected chi connectivity index (χ0v) is 20.8. The number of carbonyl (C=O) groups excluding carboxylic acids is 2. The number of nitrogens with one attached hydrogen (secondary N) is 3. The van der Waals surface area contributed by atoms with Crippen molar-refractivity contribution in [1.29, 1.82) is 0 Å². The molecule has 1 aliphatic heterocycles. The molecule has 0 aliphatic carbocycles. The van der Waals surface area contributed by atoms with E-state index in [9.17, 15) is 14.0 Å². The summed E-state index contributed by atoms with van der Waals surface area (Å²) in [6.07, 6.45) is 0. The van der Waals surface area contributed by atoms with E-state index in [1.807, 2.05) is 20.8 Å². The van der Waals surface area contributed by atoms with Gasteiger partial charge in [0.2, 0.25) is 0 Å². The summed E-state index contributed by atoms with van der Waals surface area (Å²) in [6.45, 7) is 6.08. The lowest BCUT2D eigenvalue weighted by Crippen LogP contribution is -2.46. The molecule has 0 saturated heterocycles. The number of amides is 2. The van der Waals surface area contributed by atoms with E-state index in [4.69, 9.17) is 28.6 Å². The summed E-state index contributed by atoms with van der Waals surface area (Å²) in [7, 11) is 1.79. The lowest BCUT2D eigenvalue weighted by atomic mass is 9.95. The number of nitrogens with zero attached hydrogens (tertiary/aromatic N) is 1. The first-order valence-corrected chi connectivity index (χ1v) is 11.4. The molecule has 1 unspecified atom stereocenters. The molecule has 34 heavy (non-hydrogen) atoms. The number of thiocarbonyl (C=S) groups is 1. The smallest absolute Gasteiger partial charge is 0.338 e. The maximum absolute atomic E-state index is 13.3. The minimum Gasteiger partial charge on any atom is -0.462 e. The minimum absolute atomic E-state index is 0.0863. The summed E-state index contributed by atoms with van der Waals surface area (Å²) in [5, 5.41) is 8.89. The van der Waals surface area contributed by atoms with Crippen LogP contribution in [0.3, 0.4) is 0 Å². The Labute approximate surface area is 208 Å². The van der Waals surface area contributed by atoms with Crippen molar-refractivity contribution in [2.24, 2.45) is 5.92 Å². The molecular formula is C24H26ClFN4O3S. The minimum atomic E-state index is -0.568. The highest BCUT2D eigenvalue weighted by molar-refractivity contribution is 7.80. The molecule has 2 amide bonds. The Balaban J connectivity index is 1.75. The van der Waals surface area contributed by atoms with E-state index in [0.717, 1.165) is 5.56 Å². The molecule has 3 N–H and O–H groups in total. The molecule has 1 aliphatic rings. The number of esters is 1. The highest BCUT2D eigenvalue weighted by Gasteiger charge is 2.33. The van der Waals surface area contributed by atoms with Gasteiger partial charge in [-0.15, -0.1) is 0 Å². The van der Waals surface area contributed by atoms with Crippen LogP contribution >= 0.6 is 23.8 Å². The highest BCUT2D eigenvalue weighted by Crippen LogP contribution is 2.31. The van der Waals surface area contributed by atoms with Crippen LogP contribution in [0.4, 0.5) is 20.6 Å². The first-order chi connectivity index (χ1) is 16.1. The average molecular weight is 505 g/mol. The lowest BCUT2D eigenvalue weighted by Gasteiger charge is -2.35. The van der Waals surface area contributed by atoms with Crippen LogP contribution in [0.5, 0.6) is 0 Å². The first-order valence-electron chi connectivity index (χ1n) is 10.6. The van der Waals surface area contributed by atoms with E-state index >= 15 is 0 Å². The van der Waals surface area contributed by atoms with Gasteiger partial charge in [0.1, 0.15) is 5.82 Å². The third kappa shape index (κ3) is 6.03. The molecule has 0 bridgehead atoms. The van der Waals surface area contributed by atoms with Gasteiger partial charge in [-0.2, -0.15) is 0 Å². The van der Waals surface area contributed by atoms with Crippen molar-refractivity contribution in [3.63, 3.8) is 0 Å². The van der Waals surface area contributed by atoms with Crippen molar-refractivity contribution in [2.75, 3.05) is 24.3 Å². The molecule has 0 fully saturated rings. The number of ether oxygens (including phenoxy) is 1. The summed E-state index contributed by atoms with van der Waals surface area (Å²) in [6, 6.07) is 9.90. The Morgan fingerprint density at radius 3 is 2.41 bits per heavy atom. The average Bonchev–Trinajstić information content (AvgIpc) is 2.78. The van der Waals surface area contributed by atoms with Crippen molar-refractivity contribution in [3.05, 3.63) is 70.1 Å². The molecule has 2 aromatic carbocycles. The van der Waals surface area contributed by atoms with Crippen molar-refractivity contribution in [2.45, 2.75) is 26.8 Å². The molecule has 180 valence electrons. The van der Waals surface area contributed by atoms with E-state index < -0.39 is 23.9 Å². The van der Waals surface area contributed by atoms with Crippen LogP contribution in [-0.2, 0) is 9.53 Å². The third-order valence-electron chi connectivity index (χ3n) is 5.20. The van der Waals surface area contributed by atoms with Crippen LogP contribution in [0, 0.1) is 11.7 Å². The van der Waals surface area contributed by atoms with Crippen LogP contribution in [0.25, 0.3) is 0 Å². The highest BCUT2D eigenvalue weighted by atomic mass is 35.5. The normalized spacial score (nSPS) is 15.8. The zero-order valence-electron chi connectivity index (χ0n) is 19.2. The lowest BCUT2D eigenvalue weighted by molar-refractivity contribution is -0.140. The first kappa shape index (κ1) is 25.5. The summed E-state index contributed by atoms with van der Waals surface area (Å²) in [5.41, 5.74) is 2.84. The van der Waals surface area contributed by atoms with Gasteiger partial charge in [0, 0.05) is 24.1 Å². The van der Waals surface area contributed by atoms with Crippen molar-refractivity contribution >= 4 is 52.3 Å². The number of halogens is 2. The summed E-state index contributed by atoms with van der Waals surface area (Å²) >= 11 is 11.2. The Morgan fingerprint density at radius 1 is 1.18 bits per heavy atom. The molecule has 0 aromatic heterocycles. The second kappa shape index (κ2) is 10.8. The zero-order chi connectivity index (χ0) is 25.0. The molecular weight excluding hydrogens is 479 g/mol. The monoisotopic (exact) mass is 504 g/mol. The van der Waals surface area contributed by atoms with Gasteiger partial charge in [-0.25, -0.2) is 14.0 Å². The van der Waals surface area contributed by atoms with Gasteiger partial charge in [0.25, 0.3) is 0 Å². The Kier molecular flexibility index (Phi) is 8.11. The number of rotatable bonds is 6.